The Labute approximate surface area is 117 Å². The summed E-state index contributed by atoms with van der Waals surface area (Å²) in [6.07, 6.45) is 5.92. The molecule has 1 unspecified atom stereocenters. The average molecular weight is 283 g/mol. The van der Waals surface area contributed by atoms with E-state index in [-0.39, 0.29) is 0 Å². The van der Waals surface area contributed by atoms with Gasteiger partial charge in [-0.1, -0.05) is 0 Å². The first-order valence-electron chi connectivity index (χ1n) is 6.95. The Morgan fingerprint density at radius 3 is 2.84 bits per heavy atom. The number of ether oxygens (including phenoxy) is 2. The zero-order valence-electron chi connectivity index (χ0n) is 11.1. The van der Waals surface area contributed by atoms with Crippen molar-refractivity contribution in [2.24, 2.45) is 0 Å². The fraction of sp³-hybridized carbons (Fsp3) is 0.769. The minimum atomic E-state index is 0.331. The number of thiazole rings is 1. The molecule has 1 aromatic rings. The summed E-state index contributed by atoms with van der Waals surface area (Å²) in [7, 11) is 0. The topological polar surface area (TPSA) is 60.6 Å². The second kappa shape index (κ2) is 6.17. The predicted molar refractivity (Wildman–Crippen MR) is 75.1 cm³/mol. The molecule has 3 rings (SSSR count). The highest BCUT2D eigenvalue weighted by Crippen LogP contribution is 2.22. The Kier molecular flexibility index (Phi) is 4.32. The van der Waals surface area contributed by atoms with Gasteiger partial charge in [-0.15, -0.1) is 11.3 Å². The van der Waals surface area contributed by atoms with Crippen molar-refractivity contribution in [1.29, 1.82) is 0 Å². The van der Waals surface area contributed by atoms with Crippen LogP contribution in [0.2, 0.25) is 0 Å². The molecule has 0 saturated carbocycles. The SMILES string of the molecule is Nc1ncc(CN2CCC(OC3CCOC3)CC2)s1. The Morgan fingerprint density at radius 1 is 1.37 bits per heavy atom. The summed E-state index contributed by atoms with van der Waals surface area (Å²) in [5.74, 6) is 0. The van der Waals surface area contributed by atoms with Gasteiger partial charge in [0.1, 0.15) is 0 Å². The normalized spacial score (nSPS) is 26.0. The molecule has 0 spiro atoms. The number of piperidine rings is 1. The van der Waals surface area contributed by atoms with E-state index in [2.05, 4.69) is 9.88 Å². The average Bonchev–Trinajstić information content (AvgIpc) is 3.04. The molecule has 0 aromatic carbocycles. The summed E-state index contributed by atoms with van der Waals surface area (Å²) >= 11 is 1.59. The molecular formula is C13H21N3O2S. The zero-order chi connectivity index (χ0) is 13.1. The molecule has 3 heterocycles. The lowest BCUT2D eigenvalue weighted by Gasteiger charge is -2.32. The molecule has 1 aromatic heterocycles. The number of hydrogen-bond acceptors (Lipinski definition) is 6. The number of likely N-dealkylation sites (tertiary alicyclic amines) is 1. The van der Waals surface area contributed by atoms with Crippen LogP contribution in [-0.4, -0.2) is 48.4 Å². The fourth-order valence-corrected chi connectivity index (χ4v) is 3.44. The van der Waals surface area contributed by atoms with Gasteiger partial charge < -0.3 is 15.2 Å². The van der Waals surface area contributed by atoms with Crippen molar-refractivity contribution in [2.75, 3.05) is 32.0 Å². The van der Waals surface area contributed by atoms with E-state index in [1.807, 2.05) is 6.20 Å². The summed E-state index contributed by atoms with van der Waals surface area (Å²) in [5, 5.41) is 0.662. The lowest BCUT2D eigenvalue weighted by molar-refractivity contribution is -0.0447. The number of aromatic nitrogens is 1. The van der Waals surface area contributed by atoms with E-state index < -0.39 is 0 Å². The van der Waals surface area contributed by atoms with E-state index in [1.165, 1.54) is 4.88 Å². The van der Waals surface area contributed by atoms with Crippen molar-refractivity contribution < 1.29 is 9.47 Å². The fourth-order valence-electron chi connectivity index (χ4n) is 2.71. The van der Waals surface area contributed by atoms with Crippen LogP contribution >= 0.6 is 11.3 Å². The first kappa shape index (κ1) is 13.3. The number of nitrogens with zero attached hydrogens (tertiary/aromatic N) is 2. The summed E-state index contributed by atoms with van der Waals surface area (Å²) in [6, 6.07) is 0. The van der Waals surface area contributed by atoms with Crippen molar-refractivity contribution >= 4 is 16.5 Å². The maximum absolute atomic E-state index is 6.07. The van der Waals surface area contributed by atoms with Crippen LogP contribution in [0.1, 0.15) is 24.1 Å². The highest BCUT2D eigenvalue weighted by atomic mass is 32.1. The van der Waals surface area contributed by atoms with E-state index in [0.29, 0.717) is 17.3 Å². The number of rotatable bonds is 4. The lowest BCUT2D eigenvalue weighted by atomic mass is 10.1. The summed E-state index contributed by atoms with van der Waals surface area (Å²) < 4.78 is 11.4. The van der Waals surface area contributed by atoms with Gasteiger partial charge in [0.2, 0.25) is 0 Å². The van der Waals surface area contributed by atoms with Gasteiger partial charge in [0.15, 0.2) is 5.13 Å². The highest BCUT2D eigenvalue weighted by Gasteiger charge is 2.25. The molecule has 6 heteroatoms. The minimum Gasteiger partial charge on any atom is -0.379 e. The van der Waals surface area contributed by atoms with Gasteiger partial charge in [0, 0.05) is 37.3 Å². The molecular weight excluding hydrogens is 262 g/mol. The van der Waals surface area contributed by atoms with Crippen molar-refractivity contribution in [1.82, 2.24) is 9.88 Å². The van der Waals surface area contributed by atoms with Gasteiger partial charge in [-0.2, -0.15) is 0 Å². The molecule has 0 bridgehead atoms. The largest absolute Gasteiger partial charge is 0.379 e. The third kappa shape index (κ3) is 3.66. The van der Waals surface area contributed by atoms with Crippen LogP contribution in [0, 0.1) is 0 Å². The van der Waals surface area contributed by atoms with Crippen LogP contribution in [0.25, 0.3) is 0 Å². The van der Waals surface area contributed by atoms with Crippen LogP contribution in [0.5, 0.6) is 0 Å². The lowest BCUT2D eigenvalue weighted by Crippen LogP contribution is -2.38. The predicted octanol–water partition coefficient (Wildman–Crippen LogP) is 1.50. The second-order valence-corrected chi connectivity index (χ2v) is 6.41. The molecule has 2 fully saturated rings. The number of nitrogen functional groups attached to an aromatic ring is 1. The summed E-state index contributed by atoms with van der Waals surface area (Å²) in [4.78, 5) is 7.80. The molecule has 19 heavy (non-hydrogen) atoms. The Hall–Kier alpha value is -0.690. The van der Waals surface area contributed by atoms with Gasteiger partial charge in [-0.05, 0) is 19.3 Å². The van der Waals surface area contributed by atoms with Crippen molar-refractivity contribution in [3.05, 3.63) is 11.1 Å². The molecule has 1 atom stereocenters. The standard InChI is InChI=1S/C13H21N3O2S/c14-13-15-7-12(19-13)8-16-4-1-10(2-5-16)18-11-3-6-17-9-11/h7,10-11H,1-6,8-9H2,(H2,14,15). The maximum Gasteiger partial charge on any atom is 0.180 e. The molecule has 2 saturated heterocycles. The zero-order valence-corrected chi connectivity index (χ0v) is 11.9. The molecule has 106 valence electrons. The third-order valence-electron chi connectivity index (χ3n) is 3.76. The quantitative estimate of drug-likeness (QED) is 0.907. The molecule has 2 aliphatic heterocycles. The van der Waals surface area contributed by atoms with Crippen LogP contribution in [0.4, 0.5) is 5.13 Å². The van der Waals surface area contributed by atoms with Gasteiger partial charge in [-0.3, -0.25) is 4.90 Å². The Balaban J connectivity index is 1.41. The van der Waals surface area contributed by atoms with E-state index in [4.69, 9.17) is 15.2 Å². The second-order valence-electron chi connectivity index (χ2n) is 5.26. The van der Waals surface area contributed by atoms with E-state index >= 15 is 0 Å². The third-order valence-corrected chi connectivity index (χ3v) is 4.57. The van der Waals surface area contributed by atoms with Crippen molar-refractivity contribution in [3.63, 3.8) is 0 Å². The number of nitrogens with two attached hydrogens (primary N) is 1. The van der Waals surface area contributed by atoms with Crippen LogP contribution < -0.4 is 5.73 Å². The van der Waals surface area contributed by atoms with Gasteiger partial charge in [0.25, 0.3) is 0 Å². The molecule has 0 aliphatic carbocycles. The Morgan fingerprint density at radius 2 is 2.21 bits per heavy atom. The molecule has 0 radical (unpaired) electrons. The number of anilines is 1. The molecule has 0 amide bonds. The monoisotopic (exact) mass is 283 g/mol. The van der Waals surface area contributed by atoms with Crippen LogP contribution in [0.3, 0.4) is 0 Å². The van der Waals surface area contributed by atoms with Crippen LogP contribution in [0.15, 0.2) is 6.20 Å². The first-order chi connectivity index (χ1) is 9.29. The molecule has 2 N–H and O–H groups in total. The molecule has 5 nitrogen and oxygen atoms in total. The minimum absolute atomic E-state index is 0.331. The van der Waals surface area contributed by atoms with E-state index in [0.717, 1.165) is 52.1 Å². The van der Waals surface area contributed by atoms with E-state index in [1.54, 1.807) is 11.3 Å². The summed E-state index contributed by atoms with van der Waals surface area (Å²) in [6.45, 7) is 4.79. The molecule has 2 aliphatic rings. The van der Waals surface area contributed by atoms with Crippen molar-refractivity contribution in [3.8, 4) is 0 Å². The van der Waals surface area contributed by atoms with Gasteiger partial charge in [-0.25, -0.2) is 4.98 Å². The van der Waals surface area contributed by atoms with Gasteiger partial charge >= 0.3 is 0 Å². The first-order valence-corrected chi connectivity index (χ1v) is 7.77. The van der Waals surface area contributed by atoms with Gasteiger partial charge in [0.05, 0.1) is 18.8 Å². The highest BCUT2D eigenvalue weighted by molar-refractivity contribution is 7.15. The smallest absolute Gasteiger partial charge is 0.180 e. The van der Waals surface area contributed by atoms with Crippen molar-refractivity contribution in [2.45, 2.75) is 38.0 Å². The van der Waals surface area contributed by atoms with Crippen LogP contribution in [-0.2, 0) is 16.0 Å². The summed E-state index contributed by atoms with van der Waals surface area (Å²) in [5.41, 5.74) is 5.65. The Bertz CT molecular complexity index is 398. The maximum atomic E-state index is 6.07. The van der Waals surface area contributed by atoms with E-state index in [9.17, 15) is 0 Å². The number of hydrogen-bond donors (Lipinski definition) is 1.